The first-order valence-corrected chi connectivity index (χ1v) is 4.18. The molecule has 0 amide bonds. The van der Waals surface area contributed by atoms with E-state index in [0.717, 1.165) is 12.5 Å². The number of anilines is 1. The molecule has 0 spiro atoms. The SMILES string of the molecule is CCn1ccnc1NC1CC1. The summed E-state index contributed by atoms with van der Waals surface area (Å²) in [6.07, 6.45) is 6.45. The van der Waals surface area contributed by atoms with Gasteiger partial charge in [-0.05, 0) is 19.8 Å². The summed E-state index contributed by atoms with van der Waals surface area (Å²) in [5.74, 6) is 1.02. The lowest BCUT2D eigenvalue weighted by Crippen LogP contribution is -2.07. The van der Waals surface area contributed by atoms with Gasteiger partial charge in [-0.15, -0.1) is 0 Å². The first kappa shape index (κ1) is 6.70. The lowest BCUT2D eigenvalue weighted by molar-refractivity contribution is 0.763. The summed E-state index contributed by atoms with van der Waals surface area (Å²) in [6.45, 7) is 3.12. The zero-order valence-corrected chi connectivity index (χ0v) is 6.75. The monoisotopic (exact) mass is 151 g/mol. The fraction of sp³-hybridized carbons (Fsp3) is 0.625. The predicted molar refractivity (Wildman–Crippen MR) is 44.5 cm³/mol. The van der Waals surface area contributed by atoms with Crippen LogP contribution < -0.4 is 5.32 Å². The number of nitrogens with one attached hydrogen (secondary N) is 1. The lowest BCUT2D eigenvalue weighted by atomic mass is 10.6. The molecule has 11 heavy (non-hydrogen) atoms. The van der Waals surface area contributed by atoms with Crippen molar-refractivity contribution < 1.29 is 0 Å². The molecular weight excluding hydrogens is 138 g/mol. The molecule has 1 saturated carbocycles. The van der Waals surface area contributed by atoms with Crippen LogP contribution in [0.15, 0.2) is 12.4 Å². The van der Waals surface area contributed by atoms with Crippen molar-refractivity contribution >= 4 is 5.95 Å². The Labute approximate surface area is 66.4 Å². The van der Waals surface area contributed by atoms with E-state index >= 15 is 0 Å². The maximum absolute atomic E-state index is 4.22. The van der Waals surface area contributed by atoms with E-state index in [1.54, 1.807) is 0 Å². The maximum atomic E-state index is 4.22. The first-order chi connectivity index (χ1) is 5.40. The van der Waals surface area contributed by atoms with Crippen LogP contribution in [0, 0.1) is 0 Å². The van der Waals surface area contributed by atoms with Gasteiger partial charge in [-0.3, -0.25) is 0 Å². The van der Waals surface area contributed by atoms with Gasteiger partial charge in [0, 0.05) is 25.0 Å². The van der Waals surface area contributed by atoms with Crippen LogP contribution in [-0.2, 0) is 6.54 Å². The van der Waals surface area contributed by atoms with Crippen LogP contribution in [0.4, 0.5) is 5.95 Å². The second-order valence-electron chi connectivity index (χ2n) is 2.96. The Bertz CT molecular complexity index is 237. The Morgan fingerprint density at radius 2 is 2.55 bits per heavy atom. The van der Waals surface area contributed by atoms with Crippen LogP contribution in [-0.4, -0.2) is 15.6 Å². The number of hydrogen-bond acceptors (Lipinski definition) is 2. The smallest absolute Gasteiger partial charge is 0.202 e. The van der Waals surface area contributed by atoms with Gasteiger partial charge in [0.2, 0.25) is 5.95 Å². The van der Waals surface area contributed by atoms with Gasteiger partial charge >= 0.3 is 0 Å². The molecule has 3 heteroatoms. The molecule has 0 atom stereocenters. The molecule has 1 aromatic rings. The molecule has 0 radical (unpaired) electrons. The quantitative estimate of drug-likeness (QED) is 0.709. The molecule has 1 aromatic heterocycles. The molecule has 0 aliphatic heterocycles. The molecular formula is C8H13N3. The molecule has 1 heterocycles. The second-order valence-corrected chi connectivity index (χ2v) is 2.96. The van der Waals surface area contributed by atoms with Crippen LogP contribution in [0.1, 0.15) is 19.8 Å². The van der Waals surface area contributed by atoms with Gasteiger partial charge in [0.15, 0.2) is 0 Å². The normalized spacial score (nSPS) is 16.8. The van der Waals surface area contributed by atoms with E-state index in [0.29, 0.717) is 6.04 Å². The fourth-order valence-electron chi connectivity index (χ4n) is 1.11. The van der Waals surface area contributed by atoms with Gasteiger partial charge in [-0.25, -0.2) is 4.98 Å². The van der Waals surface area contributed by atoms with E-state index in [1.165, 1.54) is 12.8 Å². The highest BCUT2D eigenvalue weighted by molar-refractivity contribution is 5.29. The van der Waals surface area contributed by atoms with Gasteiger partial charge in [0.05, 0.1) is 0 Å². The van der Waals surface area contributed by atoms with Crippen molar-refractivity contribution in [2.45, 2.75) is 32.4 Å². The number of aromatic nitrogens is 2. The molecule has 0 unspecified atom stereocenters. The number of imidazole rings is 1. The van der Waals surface area contributed by atoms with Gasteiger partial charge in [-0.2, -0.15) is 0 Å². The summed E-state index contributed by atoms with van der Waals surface area (Å²) < 4.78 is 2.12. The molecule has 2 rings (SSSR count). The van der Waals surface area contributed by atoms with E-state index in [-0.39, 0.29) is 0 Å². The summed E-state index contributed by atoms with van der Waals surface area (Å²) in [4.78, 5) is 4.22. The van der Waals surface area contributed by atoms with Crippen molar-refractivity contribution in [2.75, 3.05) is 5.32 Å². The van der Waals surface area contributed by atoms with Crippen molar-refractivity contribution in [3.05, 3.63) is 12.4 Å². The number of rotatable bonds is 3. The molecule has 0 saturated heterocycles. The van der Waals surface area contributed by atoms with Crippen molar-refractivity contribution in [1.82, 2.24) is 9.55 Å². The highest BCUT2D eigenvalue weighted by atomic mass is 15.2. The van der Waals surface area contributed by atoms with Crippen LogP contribution >= 0.6 is 0 Å². The first-order valence-electron chi connectivity index (χ1n) is 4.18. The fourth-order valence-corrected chi connectivity index (χ4v) is 1.11. The topological polar surface area (TPSA) is 29.9 Å². The minimum Gasteiger partial charge on any atom is -0.353 e. The van der Waals surface area contributed by atoms with Crippen LogP contribution in [0.2, 0.25) is 0 Å². The van der Waals surface area contributed by atoms with Gasteiger partial charge in [0.25, 0.3) is 0 Å². The minimum atomic E-state index is 0.697. The van der Waals surface area contributed by atoms with E-state index in [1.807, 2.05) is 12.4 Å². The molecule has 1 fully saturated rings. The third kappa shape index (κ3) is 1.37. The van der Waals surface area contributed by atoms with Crippen LogP contribution in [0.25, 0.3) is 0 Å². The highest BCUT2D eigenvalue weighted by Gasteiger charge is 2.22. The summed E-state index contributed by atoms with van der Waals surface area (Å²) in [6, 6.07) is 0.697. The van der Waals surface area contributed by atoms with Crippen LogP contribution in [0.5, 0.6) is 0 Å². The number of nitrogens with zero attached hydrogens (tertiary/aromatic N) is 2. The summed E-state index contributed by atoms with van der Waals surface area (Å²) in [5, 5.41) is 3.37. The summed E-state index contributed by atoms with van der Waals surface area (Å²) in [7, 11) is 0. The predicted octanol–water partition coefficient (Wildman–Crippen LogP) is 1.48. The zero-order chi connectivity index (χ0) is 7.68. The largest absolute Gasteiger partial charge is 0.353 e. The van der Waals surface area contributed by atoms with E-state index in [4.69, 9.17) is 0 Å². The highest BCUT2D eigenvalue weighted by Crippen LogP contribution is 2.23. The number of aryl methyl sites for hydroxylation is 1. The molecule has 1 aliphatic rings. The third-order valence-electron chi connectivity index (χ3n) is 1.97. The zero-order valence-electron chi connectivity index (χ0n) is 6.75. The molecule has 1 N–H and O–H groups in total. The second kappa shape index (κ2) is 2.57. The van der Waals surface area contributed by atoms with Crippen LogP contribution in [0.3, 0.4) is 0 Å². The van der Waals surface area contributed by atoms with Crippen molar-refractivity contribution in [3.8, 4) is 0 Å². The van der Waals surface area contributed by atoms with Crippen molar-refractivity contribution in [2.24, 2.45) is 0 Å². The Hall–Kier alpha value is -0.990. The standard InChI is InChI=1S/C8H13N3/c1-2-11-6-5-9-8(11)10-7-3-4-7/h5-7H,2-4H2,1H3,(H,9,10). The Morgan fingerprint density at radius 3 is 3.18 bits per heavy atom. The number of hydrogen-bond donors (Lipinski definition) is 1. The van der Waals surface area contributed by atoms with Gasteiger partial charge in [0.1, 0.15) is 0 Å². The molecule has 0 aromatic carbocycles. The Kier molecular flexibility index (Phi) is 1.56. The maximum Gasteiger partial charge on any atom is 0.202 e. The van der Waals surface area contributed by atoms with Crippen molar-refractivity contribution in [1.29, 1.82) is 0 Å². The lowest BCUT2D eigenvalue weighted by Gasteiger charge is -2.04. The minimum absolute atomic E-state index is 0.697. The van der Waals surface area contributed by atoms with Crippen molar-refractivity contribution in [3.63, 3.8) is 0 Å². The van der Waals surface area contributed by atoms with E-state index in [2.05, 4.69) is 21.8 Å². The summed E-state index contributed by atoms with van der Waals surface area (Å²) in [5.41, 5.74) is 0. The average Bonchev–Trinajstić information content (AvgIpc) is 2.68. The average molecular weight is 151 g/mol. The molecule has 1 aliphatic carbocycles. The van der Waals surface area contributed by atoms with E-state index < -0.39 is 0 Å². The molecule has 0 bridgehead atoms. The van der Waals surface area contributed by atoms with Gasteiger partial charge in [-0.1, -0.05) is 0 Å². The third-order valence-corrected chi connectivity index (χ3v) is 1.97. The van der Waals surface area contributed by atoms with E-state index in [9.17, 15) is 0 Å². The molecule has 60 valence electrons. The summed E-state index contributed by atoms with van der Waals surface area (Å²) >= 11 is 0. The Morgan fingerprint density at radius 1 is 1.73 bits per heavy atom. The van der Waals surface area contributed by atoms with Gasteiger partial charge < -0.3 is 9.88 Å². The molecule has 3 nitrogen and oxygen atoms in total. The Balaban J connectivity index is 2.07.